The Morgan fingerprint density at radius 1 is 1.17 bits per heavy atom. The van der Waals surface area contributed by atoms with Gasteiger partial charge in [0.1, 0.15) is 6.10 Å². The average molecular weight is 397 g/mol. The van der Waals surface area contributed by atoms with Crippen molar-refractivity contribution in [3.05, 3.63) is 30.7 Å². The highest BCUT2D eigenvalue weighted by molar-refractivity contribution is 5.72. The Balaban J connectivity index is 1.30. The van der Waals surface area contributed by atoms with E-state index in [-0.39, 0.29) is 24.3 Å². The summed E-state index contributed by atoms with van der Waals surface area (Å²) in [5, 5.41) is 4.24. The number of amides is 1. The van der Waals surface area contributed by atoms with Crippen molar-refractivity contribution in [2.24, 2.45) is 0 Å². The van der Waals surface area contributed by atoms with Gasteiger partial charge in [0.25, 0.3) is 0 Å². The van der Waals surface area contributed by atoms with Crippen LogP contribution in [0.4, 0.5) is 10.7 Å². The molecule has 0 radical (unpaired) electrons. The summed E-state index contributed by atoms with van der Waals surface area (Å²) in [6.45, 7) is 7.84. The Kier molecular flexibility index (Phi) is 4.61. The molecule has 3 saturated heterocycles. The second-order valence-corrected chi connectivity index (χ2v) is 8.33. The van der Waals surface area contributed by atoms with Gasteiger partial charge < -0.3 is 14.5 Å². The van der Waals surface area contributed by atoms with Crippen molar-refractivity contribution in [2.75, 3.05) is 31.1 Å². The lowest BCUT2D eigenvalue weighted by molar-refractivity contribution is 0.0946. The Hall–Kier alpha value is -2.68. The van der Waals surface area contributed by atoms with Crippen LogP contribution in [0.2, 0.25) is 0 Å². The number of anilines is 1. The molecular formula is C20H27N7O2. The zero-order valence-corrected chi connectivity index (χ0v) is 16.9. The predicted octanol–water partition coefficient (Wildman–Crippen LogP) is 1.54. The van der Waals surface area contributed by atoms with Gasteiger partial charge in [0, 0.05) is 56.4 Å². The SMILES string of the molecule is CC(C)N1CCC(N2C(=O)O[C@H]3CN(c4nccc(-n5cccn5)n4)C[C@H]32)CC1. The van der Waals surface area contributed by atoms with Gasteiger partial charge in [-0.05, 0) is 32.8 Å². The molecule has 3 aliphatic heterocycles. The van der Waals surface area contributed by atoms with Crippen LogP contribution in [0.25, 0.3) is 5.82 Å². The molecule has 5 rings (SSSR count). The molecule has 2 aromatic rings. The predicted molar refractivity (Wildman–Crippen MR) is 107 cm³/mol. The second-order valence-electron chi connectivity index (χ2n) is 8.33. The molecule has 1 amide bonds. The summed E-state index contributed by atoms with van der Waals surface area (Å²) in [4.78, 5) is 28.3. The molecule has 9 heteroatoms. The molecule has 0 aromatic carbocycles. The van der Waals surface area contributed by atoms with Crippen molar-refractivity contribution in [1.29, 1.82) is 0 Å². The maximum atomic E-state index is 12.6. The van der Waals surface area contributed by atoms with Crippen LogP contribution in [0.3, 0.4) is 0 Å². The topological polar surface area (TPSA) is 79.6 Å². The van der Waals surface area contributed by atoms with Crippen molar-refractivity contribution >= 4 is 12.0 Å². The third-order valence-electron chi connectivity index (χ3n) is 6.33. The van der Waals surface area contributed by atoms with Crippen LogP contribution in [-0.4, -0.2) is 86.1 Å². The number of piperidine rings is 1. The van der Waals surface area contributed by atoms with E-state index in [9.17, 15) is 4.79 Å². The zero-order valence-electron chi connectivity index (χ0n) is 16.9. The van der Waals surface area contributed by atoms with Crippen molar-refractivity contribution in [3.63, 3.8) is 0 Å². The summed E-state index contributed by atoms with van der Waals surface area (Å²) < 4.78 is 7.46. The van der Waals surface area contributed by atoms with Gasteiger partial charge in [-0.25, -0.2) is 14.5 Å². The Morgan fingerprint density at radius 3 is 2.72 bits per heavy atom. The molecule has 0 N–H and O–H groups in total. The number of carbonyl (C=O) groups is 1. The van der Waals surface area contributed by atoms with Gasteiger partial charge in [-0.2, -0.15) is 10.1 Å². The number of nitrogens with zero attached hydrogens (tertiary/aromatic N) is 7. The molecule has 0 bridgehead atoms. The molecule has 0 aliphatic carbocycles. The first-order valence-electron chi connectivity index (χ1n) is 10.4. The molecule has 3 fully saturated rings. The molecule has 2 aromatic heterocycles. The smallest absolute Gasteiger partial charge is 0.410 e. The third-order valence-corrected chi connectivity index (χ3v) is 6.33. The maximum absolute atomic E-state index is 12.6. The van der Waals surface area contributed by atoms with E-state index in [1.165, 1.54) is 0 Å². The number of rotatable bonds is 4. The number of carbonyl (C=O) groups excluding carboxylic acids is 1. The summed E-state index contributed by atoms with van der Waals surface area (Å²) in [6.07, 6.45) is 7.06. The minimum absolute atomic E-state index is 0.0649. The lowest BCUT2D eigenvalue weighted by atomic mass is 10.0. The highest BCUT2D eigenvalue weighted by Gasteiger charge is 2.51. The lowest BCUT2D eigenvalue weighted by Crippen LogP contribution is -2.51. The van der Waals surface area contributed by atoms with Crippen molar-refractivity contribution in [2.45, 2.75) is 50.9 Å². The normalized spacial score (nSPS) is 25.7. The van der Waals surface area contributed by atoms with E-state index in [4.69, 9.17) is 4.74 Å². The second kappa shape index (κ2) is 7.29. The molecule has 0 spiro atoms. The first-order valence-corrected chi connectivity index (χ1v) is 10.4. The van der Waals surface area contributed by atoms with Crippen molar-refractivity contribution < 1.29 is 9.53 Å². The molecule has 154 valence electrons. The maximum Gasteiger partial charge on any atom is 0.410 e. The minimum Gasteiger partial charge on any atom is -0.442 e. The molecule has 2 atom stereocenters. The van der Waals surface area contributed by atoms with Crippen LogP contribution in [0.15, 0.2) is 30.7 Å². The summed E-state index contributed by atoms with van der Waals surface area (Å²) in [6, 6.07) is 4.57. The Morgan fingerprint density at radius 2 is 2.00 bits per heavy atom. The van der Waals surface area contributed by atoms with Gasteiger partial charge in [0.05, 0.1) is 12.6 Å². The summed E-state index contributed by atoms with van der Waals surface area (Å²) in [7, 11) is 0. The lowest BCUT2D eigenvalue weighted by Gasteiger charge is -2.39. The van der Waals surface area contributed by atoms with E-state index in [1.54, 1.807) is 17.1 Å². The average Bonchev–Trinajstić information content (AvgIpc) is 3.44. The molecule has 5 heterocycles. The first-order chi connectivity index (χ1) is 14.1. The fourth-order valence-corrected chi connectivity index (χ4v) is 4.75. The first kappa shape index (κ1) is 18.4. The highest BCUT2D eigenvalue weighted by atomic mass is 16.6. The third kappa shape index (κ3) is 3.33. The number of likely N-dealkylation sites (tertiary alicyclic amines) is 1. The van der Waals surface area contributed by atoms with E-state index < -0.39 is 0 Å². The van der Waals surface area contributed by atoms with Gasteiger partial charge in [0.15, 0.2) is 5.82 Å². The van der Waals surface area contributed by atoms with Gasteiger partial charge in [0.2, 0.25) is 5.95 Å². The Labute approximate surface area is 170 Å². The van der Waals surface area contributed by atoms with Crippen LogP contribution in [0.1, 0.15) is 26.7 Å². The number of aromatic nitrogens is 4. The quantitative estimate of drug-likeness (QED) is 0.774. The van der Waals surface area contributed by atoms with E-state index >= 15 is 0 Å². The molecule has 29 heavy (non-hydrogen) atoms. The van der Waals surface area contributed by atoms with E-state index in [2.05, 4.69) is 38.7 Å². The van der Waals surface area contributed by atoms with Gasteiger partial charge in [-0.15, -0.1) is 0 Å². The van der Waals surface area contributed by atoms with Crippen LogP contribution in [0, 0.1) is 0 Å². The van der Waals surface area contributed by atoms with E-state index in [1.807, 2.05) is 23.2 Å². The van der Waals surface area contributed by atoms with Crippen LogP contribution in [-0.2, 0) is 4.74 Å². The van der Waals surface area contributed by atoms with Crippen molar-refractivity contribution in [1.82, 2.24) is 29.5 Å². The molecule has 0 unspecified atom stereocenters. The van der Waals surface area contributed by atoms with Crippen LogP contribution in [0.5, 0.6) is 0 Å². The summed E-state index contributed by atoms with van der Waals surface area (Å²) >= 11 is 0. The van der Waals surface area contributed by atoms with Crippen LogP contribution >= 0.6 is 0 Å². The van der Waals surface area contributed by atoms with Crippen LogP contribution < -0.4 is 4.90 Å². The summed E-state index contributed by atoms with van der Waals surface area (Å²) in [5.41, 5.74) is 0. The molecule has 0 saturated carbocycles. The number of ether oxygens (including phenoxy) is 1. The fraction of sp³-hybridized carbons (Fsp3) is 0.600. The molecular weight excluding hydrogens is 370 g/mol. The number of fused-ring (bicyclic) bond motifs is 1. The largest absolute Gasteiger partial charge is 0.442 e. The highest BCUT2D eigenvalue weighted by Crippen LogP contribution is 2.33. The monoisotopic (exact) mass is 397 g/mol. The molecule has 9 nitrogen and oxygen atoms in total. The van der Waals surface area contributed by atoms with Crippen molar-refractivity contribution in [3.8, 4) is 5.82 Å². The number of hydrogen-bond donors (Lipinski definition) is 0. The van der Waals surface area contributed by atoms with Gasteiger partial charge >= 0.3 is 6.09 Å². The number of hydrogen-bond acceptors (Lipinski definition) is 7. The fourth-order valence-electron chi connectivity index (χ4n) is 4.75. The van der Waals surface area contributed by atoms with Gasteiger partial charge in [-0.1, -0.05) is 0 Å². The summed E-state index contributed by atoms with van der Waals surface area (Å²) in [5.74, 6) is 1.38. The van der Waals surface area contributed by atoms with E-state index in [0.717, 1.165) is 31.7 Å². The van der Waals surface area contributed by atoms with Gasteiger partial charge in [-0.3, -0.25) is 4.90 Å². The Bertz CT molecular complexity index is 863. The zero-order chi connectivity index (χ0) is 20.0. The molecule has 3 aliphatic rings. The minimum atomic E-state index is -0.158. The standard InChI is InChI=1S/C20H27N7O2/c1-14(2)24-10-5-15(6-11-24)27-16-12-25(13-17(16)29-20(27)28)19-21-8-4-18(23-19)26-9-3-7-22-26/h3-4,7-9,14-17H,5-6,10-13H2,1-2H3/t16-,17+/m1/s1. The van der Waals surface area contributed by atoms with E-state index in [0.29, 0.717) is 25.1 Å².